The molecule has 0 atom stereocenters. The van der Waals surface area contributed by atoms with Gasteiger partial charge in [-0.3, -0.25) is 0 Å². The molecule has 0 radical (unpaired) electrons. The van der Waals surface area contributed by atoms with Crippen molar-refractivity contribution in [3.8, 4) is 5.75 Å². The molecule has 0 fully saturated rings. The van der Waals surface area contributed by atoms with Crippen molar-refractivity contribution in [1.82, 2.24) is 4.98 Å². The largest absolute Gasteiger partial charge is 0.497 e. The molecule has 1 N–H and O–H groups in total. The lowest BCUT2D eigenvalue weighted by Crippen LogP contribution is -2.22. The van der Waals surface area contributed by atoms with Crippen LogP contribution in [-0.2, 0) is 12.8 Å². The van der Waals surface area contributed by atoms with Crippen molar-refractivity contribution < 1.29 is 9.14 Å². The summed E-state index contributed by atoms with van der Waals surface area (Å²) in [7, 11) is 1.70. The van der Waals surface area contributed by atoms with Gasteiger partial charge in [0, 0.05) is 34.5 Å². The zero-order valence-corrected chi connectivity index (χ0v) is 13.8. The summed E-state index contributed by atoms with van der Waals surface area (Å²) < 4.78 is 7.58. The Morgan fingerprint density at radius 3 is 2.57 bits per heavy atom. The number of nitrogens with one attached hydrogen (secondary N) is 1. The Hall–Kier alpha value is -2.55. The van der Waals surface area contributed by atoms with Gasteiger partial charge in [0.05, 0.1) is 12.6 Å². The third-order valence-electron chi connectivity index (χ3n) is 4.76. The third-order valence-corrected chi connectivity index (χ3v) is 4.76. The molecular weight excluding hydrogens is 284 g/mol. The Kier molecular flexibility index (Phi) is 3.22. The molecule has 3 aromatic heterocycles. The first-order valence-electron chi connectivity index (χ1n) is 8.20. The molecule has 3 heteroatoms. The number of hydrogen-bond acceptors (Lipinski definition) is 1. The summed E-state index contributed by atoms with van der Waals surface area (Å²) in [6.07, 6.45) is 6.55. The van der Waals surface area contributed by atoms with E-state index in [4.69, 9.17) is 4.74 Å². The predicted octanol–water partition coefficient (Wildman–Crippen LogP) is 4.19. The van der Waals surface area contributed by atoms with E-state index in [9.17, 15) is 0 Å². The number of benzene rings is 1. The van der Waals surface area contributed by atoms with Gasteiger partial charge in [-0.2, -0.15) is 4.40 Å². The average Bonchev–Trinajstić information content (AvgIpc) is 2.98. The van der Waals surface area contributed by atoms with E-state index in [1.54, 1.807) is 7.11 Å². The zero-order valence-electron chi connectivity index (χ0n) is 13.8. The monoisotopic (exact) mass is 305 g/mol. The number of aryl methyl sites for hydroxylation is 2. The minimum absolute atomic E-state index is 0.878. The lowest BCUT2D eigenvalue weighted by atomic mass is 10.0. The fraction of sp³-hybridized carbons (Fsp3) is 0.250. The highest BCUT2D eigenvalue weighted by atomic mass is 16.5. The summed E-state index contributed by atoms with van der Waals surface area (Å²) in [4.78, 5) is 3.58. The molecule has 3 heterocycles. The lowest BCUT2D eigenvalue weighted by molar-refractivity contribution is -0.511. The van der Waals surface area contributed by atoms with Crippen molar-refractivity contribution in [2.45, 2.75) is 26.7 Å². The van der Waals surface area contributed by atoms with E-state index in [0.717, 1.165) is 24.1 Å². The molecule has 0 saturated heterocycles. The van der Waals surface area contributed by atoms with Crippen LogP contribution in [0.3, 0.4) is 0 Å². The van der Waals surface area contributed by atoms with E-state index >= 15 is 0 Å². The molecule has 3 nitrogen and oxygen atoms in total. The molecule has 23 heavy (non-hydrogen) atoms. The van der Waals surface area contributed by atoms with Gasteiger partial charge in [-0.15, -0.1) is 0 Å². The first kappa shape index (κ1) is 14.1. The molecule has 0 aliphatic heterocycles. The summed E-state index contributed by atoms with van der Waals surface area (Å²) in [6, 6.07) is 10.7. The highest BCUT2D eigenvalue weighted by molar-refractivity contribution is 6.11. The number of H-pyrrole nitrogens is 1. The minimum Gasteiger partial charge on any atom is -0.497 e. The van der Waals surface area contributed by atoms with Gasteiger partial charge >= 0.3 is 0 Å². The SMILES string of the molecule is CCc1cc2c3[nH]c4cc(OC)ccc4c3cc[n+]2cc1CC. The topological polar surface area (TPSA) is 29.1 Å². The van der Waals surface area contributed by atoms with E-state index < -0.39 is 0 Å². The van der Waals surface area contributed by atoms with Crippen molar-refractivity contribution in [2.75, 3.05) is 7.11 Å². The standard InChI is InChI=1S/C20H20N2O/c1-4-13-10-19-20-17(8-9-22(19)12-14(13)5-2)16-7-6-15(23-3)11-18(16)21-20/h6-12H,4-5H2,1-3H3/p+1. The molecule has 4 rings (SSSR count). The second-order valence-corrected chi connectivity index (χ2v) is 5.96. The molecule has 1 aromatic carbocycles. The van der Waals surface area contributed by atoms with Crippen LogP contribution in [0.1, 0.15) is 25.0 Å². The van der Waals surface area contributed by atoms with Crippen molar-refractivity contribution >= 4 is 27.3 Å². The van der Waals surface area contributed by atoms with Crippen LogP contribution in [0.2, 0.25) is 0 Å². The Morgan fingerprint density at radius 1 is 1.00 bits per heavy atom. The maximum atomic E-state index is 5.35. The van der Waals surface area contributed by atoms with E-state index in [-0.39, 0.29) is 0 Å². The summed E-state index contributed by atoms with van der Waals surface area (Å²) in [5.74, 6) is 0.878. The zero-order chi connectivity index (χ0) is 16.0. The molecule has 0 unspecified atom stereocenters. The molecular formula is C20H21N2O+. The second kappa shape index (κ2) is 5.27. The summed E-state index contributed by atoms with van der Waals surface area (Å²) >= 11 is 0. The third kappa shape index (κ3) is 2.07. The Morgan fingerprint density at radius 2 is 1.83 bits per heavy atom. The number of fused-ring (bicyclic) bond motifs is 5. The number of hydrogen-bond donors (Lipinski definition) is 1. The van der Waals surface area contributed by atoms with Crippen LogP contribution in [0.4, 0.5) is 0 Å². The van der Waals surface area contributed by atoms with Crippen LogP contribution < -0.4 is 9.14 Å². The van der Waals surface area contributed by atoms with E-state index in [1.807, 2.05) is 6.07 Å². The van der Waals surface area contributed by atoms with Crippen LogP contribution in [0, 0.1) is 0 Å². The summed E-state index contributed by atoms with van der Waals surface area (Å²) in [5, 5.41) is 2.50. The van der Waals surface area contributed by atoms with Gasteiger partial charge in [0.25, 0.3) is 0 Å². The van der Waals surface area contributed by atoms with Crippen molar-refractivity contribution in [3.63, 3.8) is 0 Å². The molecule has 116 valence electrons. The number of aromatic nitrogens is 2. The molecule has 0 aliphatic rings. The molecule has 4 aromatic rings. The summed E-state index contributed by atoms with van der Waals surface area (Å²) in [5.41, 5.74) is 6.38. The molecule has 0 saturated carbocycles. The van der Waals surface area contributed by atoms with Gasteiger partial charge in [0.15, 0.2) is 12.4 Å². The normalized spacial score (nSPS) is 11.6. The van der Waals surface area contributed by atoms with Crippen LogP contribution >= 0.6 is 0 Å². The predicted molar refractivity (Wildman–Crippen MR) is 94.3 cm³/mol. The van der Waals surface area contributed by atoms with E-state index in [2.05, 4.69) is 59.9 Å². The molecule has 0 bridgehead atoms. The first-order valence-corrected chi connectivity index (χ1v) is 8.20. The average molecular weight is 305 g/mol. The summed E-state index contributed by atoms with van der Waals surface area (Å²) in [6.45, 7) is 4.44. The number of pyridine rings is 2. The van der Waals surface area contributed by atoms with Crippen molar-refractivity contribution in [3.05, 3.63) is 53.9 Å². The fourth-order valence-electron chi connectivity index (χ4n) is 3.48. The van der Waals surface area contributed by atoms with Crippen LogP contribution in [0.5, 0.6) is 5.75 Å². The quantitative estimate of drug-likeness (QED) is 0.565. The number of ether oxygens (including phenoxy) is 1. The van der Waals surface area contributed by atoms with Gasteiger partial charge in [-0.1, -0.05) is 13.8 Å². The number of aromatic amines is 1. The van der Waals surface area contributed by atoms with Gasteiger partial charge in [0.2, 0.25) is 5.52 Å². The van der Waals surface area contributed by atoms with Crippen molar-refractivity contribution in [2.24, 2.45) is 0 Å². The van der Waals surface area contributed by atoms with Crippen LogP contribution in [0.15, 0.2) is 42.7 Å². The van der Waals surface area contributed by atoms with Crippen LogP contribution in [-0.4, -0.2) is 12.1 Å². The Labute approximate surface area is 135 Å². The maximum Gasteiger partial charge on any atom is 0.235 e. The van der Waals surface area contributed by atoms with Crippen molar-refractivity contribution in [1.29, 1.82) is 0 Å². The van der Waals surface area contributed by atoms with Gasteiger partial charge in [-0.05, 0) is 30.5 Å². The van der Waals surface area contributed by atoms with Gasteiger partial charge in [0.1, 0.15) is 11.3 Å². The second-order valence-electron chi connectivity index (χ2n) is 5.96. The highest BCUT2D eigenvalue weighted by Gasteiger charge is 2.16. The number of methoxy groups -OCH3 is 1. The smallest absolute Gasteiger partial charge is 0.235 e. The minimum atomic E-state index is 0.878. The van der Waals surface area contributed by atoms with E-state index in [1.165, 1.54) is 32.9 Å². The maximum absolute atomic E-state index is 5.35. The molecule has 0 amide bonds. The highest BCUT2D eigenvalue weighted by Crippen LogP contribution is 2.29. The lowest BCUT2D eigenvalue weighted by Gasteiger charge is -2.03. The Balaban J connectivity index is 2.10. The Bertz CT molecular complexity index is 1030. The van der Waals surface area contributed by atoms with Gasteiger partial charge in [-0.25, -0.2) is 0 Å². The molecule has 0 aliphatic carbocycles. The van der Waals surface area contributed by atoms with E-state index in [0.29, 0.717) is 0 Å². The van der Waals surface area contributed by atoms with Gasteiger partial charge < -0.3 is 9.72 Å². The number of rotatable bonds is 3. The molecule has 0 spiro atoms. The first-order chi connectivity index (χ1) is 11.2. The number of nitrogens with zero attached hydrogens (tertiary/aromatic N) is 1. The van der Waals surface area contributed by atoms with Crippen LogP contribution in [0.25, 0.3) is 27.3 Å². The fourth-order valence-corrected chi connectivity index (χ4v) is 3.48.